The van der Waals surface area contributed by atoms with Crippen LogP contribution in [-0.2, 0) is 0 Å². The fourth-order valence-electron chi connectivity index (χ4n) is 1.74. The van der Waals surface area contributed by atoms with E-state index >= 15 is 0 Å². The van der Waals surface area contributed by atoms with E-state index in [-0.39, 0.29) is 5.78 Å². The van der Waals surface area contributed by atoms with Crippen molar-refractivity contribution >= 4 is 28.4 Å². The number of thioether (sulfide) groups is 1. The number of ketones is 1. The summed E-state index contributed by atoms with van der Waals surface area (Å²) in [5, 5.41) is 1.03. The van der Waals surface area contributed by atoms with Gasteiger partial charge in [0, 0.05) is 28.8 Å². The highest BCUT2D eigenvalue weighted by Gasteiger charge is 2.06. The topological polar surface area (TPSA) is 30.0 Å². The number of hydrogen-bond donors (Lipinski definition) is 0. The van der Waals surface area contributed by atoms with Crippen molar-refractivity contribution in [3.63, 3.8) is 0 Å². The highest BCUT2D eigenvalue weighted by atomic mass is 32.2. The van der Waals surface area contributed by atoms with Gasteiger partial charge in [0.05, 0.1) is 5.52 Å². The smallest absolute Gasteiger partial charge is 0.163 e. The Kier molecular flexibility index (Phi) is 3.79. The predicted octanol–water partition coefficient (Wildman–Crippen LogP) is 3.48. The molecular weight excluding hydrogens is 230 g/mol. The van der Waals surface area contributed by atoms with Gasteiger partial charge in [0.1, 0.15) is 0 Å². The van der Waals surface area contributed by atoms with E-state index in [9.17, 15) is 4.79 Å². The zero-order valence-electron chi connectivity index (χ0n) is 10.1. The summed E-state index contributed by atoms with van der Waals surface area (Å²) in [6.07, 6.45) is 2.62. The Morgan fingerprint density at radius 3 is 2.88 bits per heavy atom. The molecule has 17 heavy (non-hydrogen) atoms. The Morgan fingerprint density at radius 1 is 1.29 bits per heavy atom. The van der Waals surface area contributed by atoms with Crippen LogP contribution in [0.2, 0.25) is 0 Å². The highest BCUT2D eigenvalue weighted by Crippen LogP contribution is 2.16. The second-order valence-corrected chi connectivity index (χ2v) is 5.01. The number of aryl methyl sites for hydroxylation is 1. The third-order valence-corrected chi connectivity index (χ3v) is 3.30. The van der Waals surface area contributed by atoms with Gasteiger partial charge in [-0.1, -0.05) is 6.07 Å². The zero-order valence-corrected chi connectivity index (χ0v) is 10.9. The molecule has 0 spiro atoms. The van der Waals surface area contributed by atoms with E-state index in [1.165, 1.54) is 0 Å². The SMILES string of the molecule is CSCCC(=O)c1ccc2nc(C)ccc2c1. The van der Waals surface area contributed by atoms with Gasteiger partial charge in [-0.25, -0.2) is 0 Å². The summed E-state index contributed by atoms with van der Waals surface area (Å²) in [5.74, 6) is 1.09. The molecule has 0 unspecified atom stereocenters. The first-order valence-electron chi connectivity index (χ1n) is 5.60. The lowest BCUT2D eigenvalue weighted by Gasteiger charge is -2.03. The second-order valence-electron chi connectivity index (χ2n) is 4.03. The van der Waals surface area contributed by atoms with E-state index in [2.05, 4.69) is 4.98 Å². The van der Waals surface area contributed by atoms with Crippen LogP contribution in [0.3, 0.4) is 0 Å². The number of carbonyl (C=O) groups excluding carboxylic acids is 1. The monoisotopic (exact) mass is 245 g/mol. The van der Waals surface area contributed by atoms with Gasteiger partial charge in [-0.2, -0.15) is 11.8 Å². The van der Waals surface area contributed by atoms with Crippen LogP contribution in [0.4, 0.5) is 0 Å². The summed E-state index contributed by atoms with van der Waals surface area (Å²) in [7, 11) is 0. The molecule has 0 fully saturated rings. The fourth-order valence-corrected chi connectivity index (χ4v) is 2.13. The van der Waals surface area contributed by atoms with Gasteiger partial charge < -0.3 is 0 Å². The van der Waals surface area contributed by atoms with Crippen LogP contribution in [0.15, 0.2) is 30.3 Å². The number of carbonyl (C=O) groups is 1. The van der Waals surface area contributed by atoms with Crippen molar-refractivity contribution in [1.29, 1.82) is 0 Å². The lowest BCUT2D eigenvalue weighted by atomic mass is 10.1. The van der Waals surface area contributed by atoms with Crippen molar-refractivity contribution in [3.8, 4) is 0 Å². The Bertz CT molecular complexity index is 551. The van der Waals surface area contributed by atoms with Crippen LogP contribution in [-0.4, -0.2) is 22.8 Å². The molecule has 0 saturated heterocycles. The van der Waals surface area contributed by atoms with E-state index in [1.54, 1.807) is 11.8 Å². The minimum atomic E-state index is 0.210. The molecule has 0 N–H and O–H groups in total. The Hall–Kier alpha value is -1.35. The first-order chi connectivity index (χ1) is 8.20. The molecule has 0 saturated carbocycles. The van der Waals surface area contributed by atoms with E-state index in [0.717, 1.165) is 27.9 Å². The van der Waals surface area contributed by atoms with E-state index in [1.807, 2.05) is 43.5 Å². The number of Topliss-reactive ketones (excluding diaryl/α,β-unsaturated/α-hetero) is 1. The molecule has 0 aliphatic heterocycles. The predicted molar refractivity (Wildman–Crippen MR) is 73.8 cm³/mol. The molecule has 2 aromatic rings. The number of benzene rings is 1. The summed E-state index contributed by atoms with van der Waals surface area (Å²) in [6, 6.07) is 9.72. The van der Waals surface area contributed by atoms with Crippen molar-refractivity contribution in [2.45, 2.75) is 13.3 Å². The van der Waals surface area contributed by atoms with Gasteiger partial charge in [0.2, 0.25) is 0 Å². The van der Waals surface area contributed by atoms with Crippen molar-refractivity contribution in [2.24, 2.45) is 0 Å². The molecule has 0 aliphatic rings. The molecule has 3 heteroatoms. The summed E-state index contributed by atoms with van der Waals surface area (Å²) < 4.78 is 0. The molecule has 2 nitrogen and oxygen atoms in total. The maximum atomic E-state index is 11.9. The first-order valence-corrected chi connectivity index (χ1v) is 6.99. The molecular formula is C14H15NOS. The Balaban J connectivity index is 2.31. The maximum Gasteiger partial charge on any atom is 0.163 e. The average molecular weight is 245 g/mol. The lowest BCUT2D eigenvalue weighted by molar-refractivity contribution is 0.0989. The fraction of sp³-hybridized carbons (Fsp3) is 0.286. The molecule has 0 aliphatic carbocycles. The van der Waals surface area contributed by atoms with Gasteiger partial charge in [-0.15, -0.1) is 0 Å². The first kappa shape index (κ1) is 12.1. The van der Waals surface area contributed by atoms with Crippen LogP contribution in [0.1, 0.15) is 22.5 Å². The van der Waals surface area contributed by atoms with Crippen LogP contribution < -0.4 is 0 Å². The number of pyridine rings is 1. The summed E-state index contributed by atoms with van der Waals surface area (Å²) in [6.45, 7) is 1.97. The Morgan fingerprint density at radius 2 is 2.12 bits per heavy atom. The van der Waals surface area contributed by atoms with Crippen LogP contribution >= 0.6 is 11.8 Å². The second kappa shape index (κ2) is 5.32. The minimum Gasteiger partial charge on any atom is -0.294 e. The van der Waals surface area contributed by atoms with Crippen molar-refractivity contribution in [3.05, 3.63) is 41.6 Å². The zero-order chi connectivity index (χ0) is 12.3. The normalized spacial score (nSPS) is 10.7. The van der Waals surface area contributed by atoms with Gasteiger partial charge in [-0.3, -0.25) is 9.78 Å². The minimum absolute atomic E-state index is 0.210. The molecule has 1 heterocycles. The number of aromatic nitrogens is 1. The molecule has 0 radical (unpaired) electrons. The maximum absolute atomic E-state index is 11.9. The van der Waals surface area contributed by atoms with Crippen LogP contribution in [0.25, 0.3) is 10.9 Å². The van der Waals surface area contributed by atoms with Gasteiger partial charge in [0.15, 0.2) is 5.78 Å². The molecule has 0 atom stereocenters. The number of rotatable bonds is 4. The summed E-state index contributed by atoms with van der Waals surface area (Å²) >= 11 is 1.70. The number of nitrogens with zero attached hydrogens (tertiary/aromatic N) is 1. The van der Waals surface area contributed by atoms with Crippen LogP contribution in [0.5, 0.6) is 0 Å². The average Bonchev–Trinajstić information content (AvgIpc) is 2.35. The number of hydrogen-bond acceptors (Lipinski definition) is 3. The molecule has 1 aromatic carbocycles. The van der Waals surface area contributed by atoms with Gasteiger partial charge in [0.25, 0.3) is 0 Å². The molecule has 2 rings (SSSR count). The van der Waals surface area contributed by atoms with E-state index in [4.69, 9.17) is 0 Å². The summed E-state index contributed by atoms with van der Waals surface area (Å²) in [4.78, 5) is 16.3. The third kappa shape index (κ3) is 2.86. The van der Waals surface area contributed by atoms with Crippen LogP contribution in [0, 0.1) is 6.92 Å². The summed E-state index contributed by atoms with van der Waals surface area (Å²) in [5.41, 5.74) is 2.74. The van der Waals surface area contributed by atoms with Gasteiger partial charge in [-0.05, 0) is 37.4 Å². The standard InChI is InChI=1S/C14H15NOS/c1-10-3-4-11-9-12(5-6-13(11)15-10)14(16)7-8-17-2/h3-6,9H,7-8H2,1-2H3. The molecule has 88 valence electrons. The van der Waals surface area contributed by atoms with Crippen molar-refractivity contribution < 1.29 is 4.79 Å². The molecule has 0 bridgehead atoms. The number of fused-ring (bicyclic) bond motifs is 1. The van der Waals surface area contributed by atoms with Gasteiger partial charge >= 0.3 is 0 Å². The Labute approximate surface area is 105 Å². The van der Waals surface area contributed by atoms with Crippen molar-refractivity contribution in [1.82, 2.24) is 4.98 Å². The largest absolute Gasteiger partial charge is 0.294 e. The van der Waals surface area contributed by atoms with E-state index < -0.39 is 0 Å². The third-order valence-electron chi connectivity index (χ3n) is 2.68. The quantitative estimate of drug-likeness (QED) is 0.772. The molecule has 0 amide bonds. The highest BCUT2D eigenvalue weighted by molar-refractivity contribution is 7.98. The van der Waals surface area contributed by atoms with Crippen molar-refractivity contribution in [2.75, 3.05) is 12.0 Å². The molecule has 1 aromatic heterocycles. The van der Waals surface area contributed by atoms with E-state index in [0.29, 0.717) is 6.42 Å². The lowest BCUT2D eigenvalue weighted by Crippen LogP contribution is -2.00.